The molecule has 1 fully saturated rings. The van der Waals surface area contributed by atoms with Gasteiger partial charge in [0.25, 0.3) is 0 Å². The van der Waals surface area contributed by atoms with Crippen molar-refractivity contribution in [1.82, 2.24) is 5.16 Å². The van der Waals surface area contributed by atoms with Gasteiger partial charge in [-0.3, -0.25) is 0 Å². The normalized spacial score (nSPS) is 15.7. The predicted octanol–water partition coefficient (Wildman–Crippen LogP) is 3.05. The minimum atomic E-state index is -0.221. The topological polar surface area (TPSA) is 55.3 Å². The molecule has 1 aliphatic rings. The summed E-state index contributed by atoms with van der Waals surface area (Å²) in [6.07, 6.45) is 3.48. The number of piperidine rings is 1. The Morgan fingerprint density at radius 3 is 2.58 bits per heavy atom. The zero-order chi connectivity index (χ0) is 13.2. The maximum absolute atomic E-state index is 14.2. The van der Waals surface area contributed by atoms with E-state index in [9.17, 15) is 4.39 Å². The monoisotopic (exact) mass is 261 g/mol. The first-order valence-corrected chi connectivity index (χ1v) is 6.51. The average Bonchev–Trinajstić information content (AvgIpc) is 2.86. The number of anilines is 2. The van der Waals surface area contributed by atoms with Gasteiger partial charge >= 0.3 is 0 Å². The minimum Gasteiger partial charge on any atom is -0.369 e. The summed E-state index contributed by atoms with van der Waals surface area (Å²) in [5, 5.41) is 3.79. The summed E-state index contributed by atoms with van der Waals surface area (Å²) in [6.45, 7) is 1.85. The van der Waals surface area contributed by atoms with Crippen LogP contribution in [-0.4, -0.2) is 18.2 Å². The van der Waals surface area contributed by atoms with E-state index in [1.807, 2.05) is 6.07 Å². The first kappa shape index (κ1) is 12.0. The molecule has 1 aromatic carbocycles. The Morgan fingerprint density at radius 1 is 1.16 bits per heavy atom. The second-order valence-electron chi connectivity index (χ2n) is 4.83. The van der Waals surface area contributed by atoms with Gasteiger partial charge < -0.3 is 15.2 Å². The first-order chi connectivity index (χ1) is 9.24. The van der Waals surface area contributed by atoms with E-state index in [-0.39, 0.29) is 11.7 Å². The van der Waals surface area contributed by atoms with E-state index in [0.717, 1.165) is 25.9 Å². The van der Waals surface area contributed by atoms with Crippen LogP contribution < -0.4 is 10.6 Å². The maximum atomic E-state index is 14.2. The summed E-state index contributed by atoms with van der Waals surface area (Å²) < 4.78 is 19.0. The zero-order valence-electron chi connectivity index (χ0n) is 10.6. The number of nitrogen functional groups attached to an aromatic ring is 1. The number of hydrogen-bond acceptors (Lipinski definition) is 4. The Kier molecular flexibility index (Phi) is 3.11. The fraction of sp³-hybridized carbons (Fsp3) is 0.357. The van der Waals surface area contributed by atoms with Crippen molar-refractivity contribution in [3.8, 4) is 11.3 Å². The smallest absolute Gasteiger partial charge is 0.222 e. The highest BCUT2D eigenvalue weighted by Gasteiger charge is 2.16. The molecule has 3 rings (SSSR count). The number of aromatic nitrogens is 1. The average molecular weight is 261 g/mol. The number of nitrogens with zero attached hydrogens (tertiary/aromatic N) is 2. The largest absolute Gasteiger partial charge is 0.369 e. The second-order valence-corrected chi connectivity index (χ2v) is 4.83. The van der Waals surface area contributed by atoms with E-state index in [0.29, 0.717) is 16.9 Å². The van der Waals surface area contributed by atoms with Gasteiger partial charge in [-0.15, -0.1) is 0 Å². The van der Waals surface area contributed by atoms with Gasteiger partial charge in [-0.05, 0) is 31.4 Å². The van der Waals surface area contributed by atoms with Crippen LogP contribution in [0.2, 0.25) is 0 Å². The zero-order valence-corrected chi connectivity index (χ0v) is 10.6. The van der Waals surface area contributed by atoms with Crippen molar-refractivity contribution >= 4 is 11.6 Å². The predicted molar refractivity (Wildman–Crippen MR) is 72.4 cm³/mol. The number of benzene rings is 1. The molecule has 0 spiro atoms. The molecule has 2 N–H and O–H groups in total. The van der Waals surface area contributed by atoms with E-state index in [1.54, 1.807) is 12.1 Å². The molecule has 1 aromatic heterocycles. The van der Waals surface area contributed by atoms with Crippen LogP contribution in [0.5, 0.6) is 0 Å². The molecule has 0 bridgehead atoms. The highest BCUT2D eigenvalue weighted by atomic mass is 19.1. The van der Waals surface area contributed by atoms with Gasteiger partial charge in [-0.2, -0.15) is 0 Å². The lowest BCUT2D eigenvalue weighted by Crippen LogP contribution is -2.30. The summed E-state index contributed by atoms with van der Waals surface area (Å²) in [5.41, 5.74) is 7.37. The molecule has 0 saturated carbocycles. The van der Waals surface area contributed by atoms with Crippen molar-refractivity contribution < 1.29 is 8.91 Å². The molecular weight excluding hydrogens is 245 g/mol. The maximum Gasteiger partial charge on any atom is 0.222 e. The molecule has 0 amide bonds. The van der Waals surface area contributed by atoms with Crippen LogP contribution in [0.4, 0.5) is 16.0 Å². The van der Waals surface area contributed by atoms with Crippen LogP contribution >= 0.6 is 0 Å². The highest BCUT2D eigenvalue weighted by molar-refractivity contribution is 5.65. The van der Waals surface area contributed by atoms with Gasteiger partial charge in [0.1, 0.15) is 11.5 Å². The molecule has 0 aliphatic carbocycles. The third kappa shape index (κ3) is 2.41. The molecule has 1 aliphatic heterocycles. The van der Waals surface area contributed by atoms with Gasteiger partial charge in [0.15, 0.2) is 0 Å². The Hall–Kier alpha value is -2.04. The summed E-state index contributed by atoms with van der Waals surface area (Å²) in [5.74, 6) is 0.0106. The Morgan fingerprint density at radius 2 is 1.95 bits per heavy atom. The van der Waals surface area contributed by atoms with E-state index in [2.05, 4.69) is 10.1 Å². The first-order valence-electron chi connectivity index (χ1n) is 6.51. The fourth-order valence-corrected chi connectivity index (χ4v) is 2.48. The molecular formula is C14H16FN3O. The number of halogens is 1. The van der Waals surface area contributed by atoms with Crippen molar-refractivity contribution in [2.24, 2.45) is 0 Å². The summed E-state index contributed by atoms with van der Waals surface area (Å²) in [7, 11) is 0. The van der Waals surface area contributed by atoms with Crippen LogP contribution in [0.3, 0.4) is 0 Å². The van der Waals surface area contributed by atoms with E-state index < -0.39 is 0 Å². The van der Waals surface area contributed by atoms with Crippen LogP contribution in [-0.2, 0) is 0 Å². The van der Waals surface area contributed by atoms with Crippen LogP contribution in [0, 0.1) is 5.82 Å². The molecule has 0 radical (unpaired) electrons. The molecule has 0 atom stereocenters. The third-order valence-electron chi connectivity index (χ3n) is 3.47. The molecule has 0 unspecified atom stereocenters. The van der Waals surface area contributed by atoms with Crippen LogP contribution in [0.1, 0.15) is 19.3 Å². The summed E-state index contributed by atoms with van der Waals surface area (Å²) in [6, 6.07) is 6.74. The number of rotatable bonds is 2. The van der Waals surface area contributed by atoms with Crippen molar-refractivity contribution in [2.45, 2.75) is 19.3 Å². The standard InChI is InChI=1S/C14H16FN3O/c15-11-8-10(12-9-14(16)19-17-12)4-5-13(11)18-6-2-1-3-7-18/h4-5,8-9H,1-3,6-7,16H2. The third-order valence-corrected chi connectivity index (χ3v) is 3.47. The molecule has 5 heteroatoms. The quantitative estimate of drug-likeness (QED) is 0.902. The molecule has 1 saturated heterocycles. The van der Waals surface area contributed by atoms with Gasteiger partial charge in [0, 0.05) is 24.7 Å². The Balaban J connectivity index is 1.89. The molecule has 2 heterocycles. The van der Waals surface area contributed by atoms with E-state index in [1.165, 1.54) is 12.5 Å². The Bertz CT molecular complexity index is 576. The lowest BCUT2D eigenvalue weighted by molar-refractivity contribution is 0.439. The van der Waals surface area contributed by atoms with Crippen molar-refractivity contribution in [1.29, 1.82) is 0 Å². The number of nitrogens with two attached hydrogens (primary N) is 1. The van der Waals surface area contributed by atoms with E-state index >= 15 is 0 Å². The van der Waals surface area contributed by atoms with Gasteiger partial charge in [-0.25, -0.2) is 4.39 Å². The van der Waals surface area contributed by atoms with Crippen molar-refractivity contribution in [3.05, 3.63) is 30.1 Å². The number of hydrogen-bond donors (Lipinski definition) is 1. The van der Waals surface area contributed by atoms with Crippen LogP contribution in [0.15, 0.2) is 28.8 Å². The fourth-order valence-electron chi connectivity index (χ4n) is 2.48. The highest BCUT2D eigenvalue weighted by Crippen LogP contribution is 2.28. The SMILES string of the molecule is Nc1cc(-c2ccc(N3CCCCC3)c(F)c2)no1. The molecule has 100 valence electrons. The second kappa shape index (κ2) is 4.91. The minimum absolute atomic E-state index is 0.221. The van der Waals surface area contributed by atoms with E-state index in [4.69, 9.17) is 10.3 Å². The van der Waals surface area contributed by atoms with Crippen molar-refractivity contribution in [2.75, 3.05) is 23.7 Å². The van der Waals surface area contributed by atoms with Gasteiger partial charge in [0.2, 0.25) is 5.88 Å². The lowest BCUT2D eigenvalue weighted by Gasteiger charge is -2.29. The summed E-state index contributed by atoms with van der Waals surface area (Å²) >= 11 is 0. The molecule has 2 aromatic rings. The van der Waals surface area contributed by atoms with Crippen molar-refractivity contribution in [3.63, 3.8) is 0 Å². The van der Waals surface area contributed by atoms with Crippen LogP contribution in [0.25, 0.3) is 11.3 Å². The van der Waals surface area contributed by atoms with Gasteiger partial charge in [0.05, 0.1) is 5.69 Å². The molecule has 19 heavy (non-hydrogen) atoms. The molecule has 4 nitrogen and oxygen atoms in total. The Labute approximate surface area is 111 Å². The van der Waals surface area contributed by atoms with Gasteiger partial charge in [-0.1, -0.05) is 11.2 Å². The summed E-state index contributed by atoms with van der Waals surface area (Å²) in [4.78, 5) is 2.10. The lowest BCUT2D eigenvalue weighted by atomic mass is 10.1.